The van der Waals surface area contributed by atoms with Crippen LogP contribution in [-0.2, 0) is 30.5 Å². The van der Waals surface area contributed by atoms with Crippen molar-refractivity contribution in [3.05, 3.63) is 113 Å². The maximum absolute atomic E-state index is 13.9. The van der Waals surface area contributed by atoms with Crippen LogP contribution in [0.15, 0.2) is 85.3 Å². The van der Waals surface area contributed by atoms with Gasteiger partial charge < -0.3 is 25.4 Å². The van der Waals surface area contributed by atoms with Crippen molar-refractivity contribution in [3.63, 3.8) is 0 Å². The molecule has 3 N–H and O–H groups in total. The molecule has 0 radical (unpaired) electrons. The first-order valence-corrected chi connectivity index (χ1v) is 14.6. The summed E-state index contributed by atoms with van der Waals surface area (Å²) in [7, 11) is 3.83. The lowest BCUT2D eigenvalue weighted by molar-refractivity contribution is -0.138. The molecule has 0 saturated heterocycles. The number of Topliss-reactive ketones (excluding diaryl/α,β-unsaturated/α-hetero) is 1. The molecular formula is C33H34F3N7OS. The van der Waals surface area contributed by atoms with Crippen molar-refractivity contribution in [1.82, 2.24) is 14.5 Å². The van der Waals surface area contributed by atoms with Gasteiger partial charge in [-0.25, -0.2) is 4.98 Å². The second-order valence-corrected chi connectivity index (χ2v) is 11.2. The van der Waals surface area contributed by atoms with E-state index in [-0.39, 0.29) is 42.5 Å². The van der Waals surface area contributed by atoms with Gasteiger partial charge in [0.05, 0.1) is 23.5 Å². The number of anilines is 2. The molecule has 234 valence electrons. The number of rotatable bonds is 12. The number of thiocarbonyl (C=S) groups is 1. The number of halogens is 3. The van der Waals surface area contributed by atoms with Crippen molar-refractivity contribution in [2.45, 2.75) is 25.7 Å². The zero-order valence-electron chi connectivity index (χ0n) is 25.0. The first-order valence-electron chi connectivity index (χ1n) is 14.2. The van der Waals surface area contributed by atoms with E-state index in [0.29, 0.717) is 23.5 Å². The first kappa shape index (κ1) is 33.2. The predicted octanol–water partition coefficient (Wildman–Crippen LogP) is 5.47. The van der Waals surface area contributed by atoms with E-state index in [9.17, 15) is 18.0 Å². The number of aromatic nitrogens is 2. The zero-order valence-corrected chi connectivity index (χ0v) is 25.8. The standard InChI is InChI=1S/C33H34F3N7OS/c1-41(2)28-13-11-27(12-14-28)40-32(45)42(20-25-5-3-4-6-30(25)33(34,35)36)21-26(17-38)31(44)15-29-18-39-22-43(29)19-24-9-7-23(16-37)8-10-24/h3-14,18,22,26H,15,17,19-21,38H2,1-2H3,(H,40,45)/t26-/m0/s1. The minimum absolute atomic E-state index is 0.00684. The van der Waals surface area contributed by atoms with Gasteiger partial charge in [-0.2, -0.15) is 18.4 Å². The summed E-state index contributed by atoms with van der Waals surface area (Å²) in [5.41, 5.74) is 9.11. The van der Waals surface area contributed by atoms with Crippen molar-refractivity contribution >= 4 is 34.5 Å². The number of benzene rings is 3. The van der Waals surface area contributed by atoms with Crippen LogP contribution in [0, 0.1) is 17.2 Å². The van der Waals surface area contributed by atoms with Gasteiger partial charge in [0.25, 0.3) is 0 Å². The number of alkyl halides is 3. The van der Waals surface area contributed by atoms with Gasteiger partial charge in [0.1, 0.15) is 5.78 Å². The molecule has 0 aliphatic heterocycles. The molecule has 12 heteroatoms. The summed E-state index contributed by atoms with van der Waals surface area (Å²) < 4.78 is 43.5. The van der Waals surface area contributed by atoms with Crippen molar-refractivity contribution in [3.8, 4) is 6.07 Å². The van der Waals surface area contributed by atoms with Crippen LogP contribution in [0.2, 0.25) is 0 Å². The maximum Gasteiger partial charge on any atom is 0.416 e. The van der Waals surface area contributed by atoms with Crippen LogP contribution in [0.1, 0.15) is 27.9 Å². The van der Waals surface area contributed by atoms with Crippen LogP contribution in [0.4, 0.5) is 24.5 Å². The number of nitrogens with two attached hydrogens (primary N) is 1. The highest BCUT2D eigenvalue weighted by atomic mass is 32.1. The van der Waals surface area contributed by atoms with Crippen molar-refractivity contribution < 1.29 is 18.0 Å². The average Bonchev–Trinajstić information content (AvgIpc) is 3.45. The monoisotopic (exact) mass is 633 g/mol. The fourth-order valence-electron chi connectivity index (χ4n) is 4.82. The number of nitrogens with zero attached hydrogens (tertiary/aromatic N) is 5. The molecule has 0 aliphatic rings. The summed E-state index contributed by atoms with van der Waals surface area (Å²) in [5.74, 6) is -0.913. The molecule has 45 heavy (non-hydrogen) atoms. The molecule has 1 atom stereocenters. The zero-order chi connectivity index (χ0) is 32.6. The second kappa shape index (κ2) is 14.8. The van der Waals surface area contributed by atoms with E-state index in [2.05, 4.69) is 16.4 Å². The van der Waals surface area contributed by atoms with E-state index in [1.165, 1.54) is 12.1 Å². The third kappa shape index (κ3) is 8.90. The van der Waals surface area contributed by atoms with Gasteiger partial charge in [-0.3, -0.25) is 4.79 Å². The summed E-state index contributed by atoms with van der Waals surface area (Å²) in [6.07, 6.45) is -1.30. The Morgan fingerprint density at radius 3 is 2.40 bits per heavy atom. The Kier molecular flexibility index (Phi) is 10.9. The lowest BCUT2D eigenvalue weighted by atomic mass is 9.99. The Hall–Kier alpha value is -4.73. The molecule has 0 saturated carbocycles. The molecule has 4 aromatic rings. The topological polar surface area (TPSA) is 103 Å². The SMILES string of the molecule is CN(C)c1ccc(NC(=S)N(Cc2ccccc2C(F)(F)F)C[C@H](CN)C(=O)Cc2cncn2Cc2ccc(C#N)cc2)cc1. The van der Waals surface area contributed by atoms with E-state index in [4.69, 9.17) is 23.2 Å². The molecule has 3 aromatic carbocycles. The van der Waals surface area contributed by atoms with Gasteiger partial charge >= 0.3 is 6.18 Å². The molecule has 1 aromatic heterocycles. The molecule has 0 amide bonds. The molecular weight excluding hydrogens is 599 g/mol. The van der Waals surface area contributed by atoms with Crippen LogP contribution >= 0.6 is 12.2 Å². The molecule has 0 spiro atoms. The fourth-order valence-corrected chi connectivity index (χ4v) is 5.08. The van der Waals surface area contributed by atoms with E-state index in [0.717, 1.165) is 17.3 Å². The quantitative estimate of drug-likeness (QED) is 0.198. The molecule has 0 unspecified atom stereocenters. The minimum atomic E-state index is -4.56. The van der Waals surface area contributed by atoms with Gasteiger partial charge in [-0.1, -0.05) is 30.3 Å². The Morgan fingerprint density at radius 2 is 1.78 bits per heavy atom. The summed E-state index contributed by atoms with van der Waals surface area (Å²) >= 11 is 5.69. The van der Waals surface area contributed by atoms with Crippen molar-refractivity contribution in [1.29, 1.82) is 5.26 Å². The average molecular weight is 634 g/mol. The molecule has 0 bridgehead atoms. The third-order valence-corrected chi connectivity index (χ3v) is 7.74. The number of imidazole rings is 1. The smallest absolute Gasteiger partial charge is 0.378 e. The van der Waals surface area contributed by atoms with E-state index < -0.39 is 17.7 Å². The highest BCUT2D eigenvalue weighted by Gasteiger charge is 2.34. The van der Waals surface area contributed by atoms with Gasteiger partial charge in [-0.05, 0) is 65.8 Å². The Labute approximate surface area is 265 Å². The highest BCUT2D eigenvalue weighted by molar-refractivity contribution is 7.80. The summed E-state index contributed by atoms with van der Waals surface area (Å²) in [6, 6.07) is 22.0. The third-order valence-electron chi connectivity index (χ3n) is 7.38. The maximum atomic E-state index is 13.9. The number of nitrogens with one attached hydrogen (secondary N) is 1. The molecule has 1 heterocycles. The van der Waals surface area contributed by atoms with Gasteiger partial charge in [0.2, 0.25) is 0 Å². The van der Waals surface area contributed by atoms with Crippen molar-refractivity contribution in [2.24, 2.45) is 11.7 Å². The number of hydrogen-bond acceptors (Lipinski definition) is 6. The summed E-state index contributed by atoms with van der Waals surface area (Å²) in [5, 5.41) is 12.3. The Bertz CT molecular complexity index is 1640. The van der Waals surface area contributed by atoms with Crippen LogP contribution in [0.25, 0.3) is 0 Å². The van der Waals surface area contributed by atoms with Gasteiger partial charge in [0, 0.05) is 75.9 Å². The van der Waals surface area contributed by atoms with E-state index in [1.54, 1.807) is 35.6 Å². The number of carbonyl (C=O) groups is 1. The fraction of sp³-hybridized carbons (Fsp3) is 0.273. The van der Waals surface area contributed by atoms with Crippen LogP contribution < -0.4 is 16.0 Å². The Balaban J connectivity index is 1.54. The van der Waals surface area contributed by atoms with Gasteiger partial charge in [-0.15, -0.1) is 0 Å². The summed E-state index contributed by atoms with van der Waals surface area (Å²) in [4.78, 5) is 21.3. The first-order chi connectivity index (χ1) is 21.5. The number of nitriles is 1. The van der Waals surface area contributed by atoms with Gasteiger partial charge in [0.15, 0.2) is 5.11 Å². The van der Waals surface area contributed by atoms with Crippen LogP contribution in [0.3, 0.4) is 0 Å². The lowest BCUT2D eigenvalue weighted by Crippen LogP contribution is -2.43. The number of carbonyl (C=O) groups excluding carboxylic acids is 1. The molecule has 0 fully saturated rings. The normalized spacial score (nSPS) is 11.8. The number of ketones is 1. The van der Waals surface area contributed by atoms with Crippen LogP contribution in [-0.4, -0.2) is 52.5 Å². The minimum Gasteiger partial charge on any atom is -0.378 e. The van der Waals surface area contributed by atoms with E-state index >= 15 is 0 Å². The highest BCUT2D eigenvalue weighted by Crippen LogP contribution is 2.32. The molecule has 4 rings (SSSR count). The van der Waals surface area contributed by atoms with E-state index in [1.807, 2.05) is 60.0 Å². The lowest BCUT2D eigenvalue weighted by Gasteiger charge is -2.30. The number of hydrogen-bond donors (Lipinski definition) is 2. The summed E-state index contributed by atoms with van der Waals surface area (Å²) in [6.45, 7) is 0.243. The molecule has 0 aliphatic carbocycles. The van der Waals surface area contributed by atoms with Crippen LogP contribution in [0.5, 0.6) is 0 Å². The Morgan fingerprint density at radius 1 is 1.09 bits per heavy atom. The second-order valence-electron chi connectivity index (χ2n) is 10.8. The predicted molar refractivity (Wildman–Crippen MR) is 173 cm³/mol. The largest absolute Gasteiger partial charge is 0.416 e. The van der Waals surface area contributed by atoms with Crippen molar-refractivity contribution in [2.75, 3.05) is 37.4 Å². The molecule has 8 nitrogen and oxygen atoms in total.